The number of halogens is 3. The first-order valence-electron chi connectivity index (χ1n) is 4.69. The Bertz CT molecular complexity index is 502. The van der Waals surface area contributed by atoms with Crippen LogP contribution in [0.1, 0.15) is 5.69 Å². The second-order valence-electron chi connectivity index (χ2n) is 3.30. The lowest BCUT2D eigenvalue weighted by Crippen LogP contribution is -2.04. The number of rotatable bonds is 2. The molecule has 1 aromatic carbocycles. The van der Waals surface area contributed by atoms with E-state index >= 15 is 0 Å². The average molecular weight is 243 g/mol. The molecular weight excluding hydrogens is 235 g/mol. The molecule has 3 nitrogen and oxygen atoms in total. The standard InChI is InChI=1S/C11H8F3NO2/c1-16-8-4-2-7(3-5-8)9-6-10(15-17-9)11(12,13)14/h2-6H,1H3. The molecular formula is C11H8F3NO2. The third kappa shape index (κ3) is 2.41. The van der Waals surface area contributed by atoms with Gasteiger partial charge in [0.25, 0.3) is 0 Å². The lowest BCUT2D eigenvalue weighted by Gasteiger charge is -1.99. The predicted octanol–water partition coefficient (Wildman–Crippen LogP) is 3.37. The van der Waals surface area contributed by atoms with Gasteiger partial charge in [-0.1, -0.05) is 5.16 Å². The summed E-state index contributed by atoms with van der Waals surface area (Å²) in [6, 6.07) is 7.32. The van der Waals surface area contributed by atoms with Gasteiger partial charge >= 0.3 is 6.18 Å². The number of benzene rings is 1. The summed E-state index contributed by atoms with van der Waals surface area (Å²) >= 11 is 0. The summed E-state index contributed by atoms with van der Waals surface area (Å²) in [6.07, 6.45) is -4.49. The summed E-state index contributed by atoms with van der Waals surface area (Å²) in [5, 5.41) is 2.98. The molecule has 0 radical (unpaired) electrons. The van der Waals surface area contributed by atoms with Crippen LogP contribution in [0.3, 0.4) is 0 Å². The number of nitrogens with zero attached hydrogens (tertiary/aromatic N) is 1. The van der Waals surface area contributed by atoms with Crippen molar-refractivity contribution in [3.63, 3.8) is 0 Å². The summed E-state index contributed by atoms with van der Waals surface area (Å²) in [4.78, 5) is 0. The molecule has 0 aliphatic carbocycles. The minimum absolute atomic E-state index is 0.0694. The first kappa shape index (κ1) is 11.5. The lowest BCUT2D eigenvalue weighted by molar-refractivity contribution is -0.142. The SMILES string of the molecule is COc1ccc(-c2cc(C(F)(F)F)no2)cc1. The van der Waals surface area contributed by atoms with Crippen molar-refractivity contribution in [2.45, 2.75) is 6.18 Å². The molecule has 0 N–H and O–H groups in total. The zero-order chi connectivity index (χ0) is 12.5. The molecule has 0 aliphatic heterocycles. The van der Waals surface area contributed by atoms with Gasteiger partial charge in [0.15, 0.2) is 11.5 Å². The molecule has 0 saturated heterocycles. The molecule has 0 bridgehead atoms. The molecule has 0 unspecified atom stereocenters. The minimum Gasteiger partial charge on any atom is -0.497 e. The number of ether oxygens (including phenoxy) is 1. The van der Waals surface area contributed by atoms with Crippen LogP contribution in [0.25, 0.3) is 11.3 Å². The van der Waals surface area contributed by atoms with Crippen molar-refractivity contribution in [1.29, 1.82) is 0 Å². The van der Waals surface area contributed by atoms with Crippen molar-refractivity contribution < 1.29 is 22.4 Å². The van der Waals surface area contributed by atoms with E-state index in [1.54, 1.807) is 24.3 Å². The van der Waals surface area contributed by atoms with Crippen molar-refractivity contribution in [2.24, 2.45) is 0 Å². The molecule has 0 spiro atoms. The van der Waals surface area contributed by atoms with E-state index in [0.717, 1.165) is 6.07 Å². The molecule has 0 fully saturated rings. The van der Waals surface area contributed by atoms with Crippen LogP contribution in [0.15, 0.2) is 34.9 Å². The largest absolute Gasteiger partial charge is 0.497 e. The Labute approximate surface area is 94.8 Å². The van der Waals surface area contributed by atoms with Gasteiger partial charge in [-0.2, -0.15) is 13.2 Å². The van der Waals surface area contributed by atoms with Crippen LogP contribution in [-0.4, -0.2) is 12.3 Å². The third-order valence-corrected chi connectivity index (χ3v) is 2.18. The van der Waals surface area contributed by atoms with Crippen molar-refractivity contribution in [3.05, 3.63) is 36.0 Å². The quantitative estimate of drug-likeness (QED) is 0.811. The maximum atomic E-state index is 12.3. The van der Waals surface area contributed by atoms with E-state index in [9.17, 15) is 13.2 Å². The minimum atomic E-state index is -4.49. The Balaban J connectivity index is 2.30. The van der Waals surface area contributed by atoms with Gasteiger partial charge in [-0.25, -0.2) is 0 Å². The fourth-order valence-electron chi connectivity index (χ4n) is 1.30. The normalized spacial score (nSPS) is 11.5. The predicted molar refractivity (Wildman–Crippen MR) is 53.5 cm³/mol. The van der Waals surface area contributed by atoms with Gasteiger partial charge < -0.3 is 9.26 Å². The van der Waals surface area contributed by atoms with Crippen LogP contribution in [0.5, 0.6) is 5.75 Å². The summed E-state index contributed by atoms with van der Waals surface area (Å²) in [5.74, 6) is 0.685. The van der Waals surface area contributed by atoms with Crippen LogP contribution in [0, 0.1) is 0 Å². The number of methoxy groups -OCH3 is 1. The second kappa shape index (κ2) is 4.12. The highest BCUT2D eigenvalue weighted by Crippen LogP contribution is 2.31. The monoisotopic (exact) mass is 243 g/mol. The maximum absolute atomic E-state index is 12.3. The summed E-state index contributed by atoms with van der Waals surface area (Å²) < 4.78 is 46.5. The van der Waals surface area contributed by atoms with Crippen molar-refractivity contribution in [1.82, 2.24) is 5.16 Å². The van der Waals surface area contributed by atoms with E-state index in [4.69, 9.17) is 4.74 Å². The van der Waals surface area contributed by atoms with Crippen molar-refractivity contribution >= 4 is 0 Å². The van der Waals surface area contributed by atoms with Gasteiger partial charge in [0.2, 0.25) is 0 Å². The fourth-order valence-corrected chi connectivity index (χ4v) is 1.30. The van der Waals surface area contributed by atoms with E-state index < -0.39 is 11.9 Å². The Morgan fingerprint density at radius 3 is 2.29 bits per heavy atom. The van der Waals surface area contributed by atoms with Crippen LogP contribution in [-0.2, 0) is 6.18 Å². The van der Waals surface area contributed by atoms with Gasteiger partial charge in [-0.05, 0) is 24.3 Å². The van der Waals surface area contributed by atoms with Gasteiger partial charge in [-0.3, -0.25) is 0 Å². The molecule has 90 valence electrons. The molecule has 6 heteroatoms. The van der Waals surface area contributed by atoms with E-state index in [0.29, 0.717) is 11.3 Å². The van der Waals surface area contributed by atoms with Crippen molar-refractivity contribution in [2.75, 3.05) is 7.11 Å². The fraction of sp³-hybridized carbons (Fsp3) is 0.182. The molecule has 0 saturated carbocycles. The lowest BCUT2D eigenvalue weighted by atomic mass is 10.1. The second-order valence-corrected chi connectivity index (χ2v) is 3.30. The highest BCUT2D eigenvalue weighted by molar-refractivity contribution is 5.58. The molecule has 2 rings (SSSR count). The Hall–Kier alpha value is -1.98. The molecule has 2 aromatic rings. The number of alkyl halides is 3. The van der Waals surface area contributed by atoms with E-state index in [2.05, 4.69) is 9.68 Å². The van der Waals surface area contributed by atoms with Crippen LogP contribution < -0.4 is 4.74 Å². The Kier molecular flexibility index (Phi) is 2.79. The number of hydrogen-bond donors (Lipinski definition) is 0. The zero-order valence-electron chi connectivity index (χ0n) is 8.78. The highest BCUT2D eigenvalue weighted by atomic mass is 19.4. The van der Waals surface area contributed by atoms with E-state index in [1.165, 1.54) is 7.11 Å². The summed E-state index contributed by atoms with van der Waals surface area (Å²) in [6.45, 7) is 0. The Morgan fingerprint density at radius 2 is 1.82 bits per heavy atom. The topological polar surface area (TPSA) is 35.3 Å². The van der Waals surface area contributed by atoms with Crippen LogP contribution in [0.2, 0.25) is 0 Å². The molecule has 0 atom stereocenters. The van der Waals surface area contributed by atoms with Gasteiger partial charge in [-0.15, -0.1) is 0 Å². The number of hydrogen-bond acceptors (Lipinski definition) is 3. The smallest absolute Gasteiger partial charge is 0.436 e. The average Bonchev–Trinajstić information content (AvgIpc) is 2.78. The van der Waals surface area contributed by atoms with Gasteiger partial charge in [0.1, 0.15) is 5.75 Å². The van der Waals surface area contributed by atoms with E-state index in [1.807, 2.05) is 0 Å². The molecule has 0 amide bonds. The van der Waals surface area contributed by atoms with Gasteiger partial charge in [0, 0.05) is 11.6 Å². The van der Waals surface area contributed by atoms with Crippen LogP contribution >= 0.6 is 0 Å². The van der Waals surface area contributed by atoms with Gasteiger partial charge in [0.05, 0.1) is 7.11 Å². The number of aromatic nitrogens is 1. The third-order valence-electron chi connectivity index (χ3n) is 2.18. The maximum Gasteiger partial charge on any atom is 0.436 e. The van der Waals surface area contributed by atoms with Crippen LogP contribution in [0.4, 0.5) is 13.2 Å². The van der Waals surface area contributed by atoms with E-state index in [-0.39, 0.29) is 5.76 Å². The zero-order valence-corrected chi connectivity index (χ0v) is 8.78. The molecule has 1 aromatic heterocycles. The van der Waals surface area contributed by atoms with Crippen molar-refractivity contribution in [3.8, 4) is 17.1 Å². The molecule has 17 heavy (non-hydrogen) atoms. The highest BCUT2D eigenvalue weighted by Gasteiger charge is 2.35. The first-order chi connectivity index (χ1) is 8.00. The summed E-state index contributed by atoms with van der Waals surface area (Å²) in [7, 11) is 1.51. The first-order valence-corrected chi connectivity index (χ1v) is 4.69. The molecule has 1 heterocycles. The molecule has 0 aliphatic rings. The summed E-state index contributed by atoms with van der Waals surface area (Å²) in [5.41, 5.74) is -0.530. The Morgan fingerprint density at radius 1 is 1.18 bits per heavy atom.